The Morgan fingerprint density at radius 2 is 1.62 bits per heavy atom. The minimum absolute atomic E-state index is 0.0471. The van der Waals surface area contributed by atoms with Gasteiger partial charge in [0.1, 0.15) is 11.4 Å². The molecule has 0 saturated heterocycles. The van der Waals surface area contributed by atoms with Crippen LogP contribution in [-0.4, -0.2) is 34.3 Å². The van der Waals surface area contributed by atoms with E-state index in [0.717, 1.165) is 40.1 Å². The molecule has 0 aliphatic rings. The lowest BCUT2D eigenvalue weighted by Gasteiger charge is -2.19. The van der Waals surface area contributed by atoms with Gasteiger partial charge in [-0.25, -0.2) is 0 Å². The largest absolute Gasteiger partial charge is 0.491 e. The van der Waals surface area contributed by atoms with Gasteiger partial charge in [-0.15, -0.1) is 0 Å². The van der Waals surface area contributed by atoms with Crippen molar-refractivity contribution in [2.24, 2.45) is 0 Å². The minimum Gasteiger partial charge on any atom is -0.491 e. The Hall–Kier alpha value is -4.31. The molecule has 1 amide bonds. The summed E-state index contributed by atoms with van der Waals surface area (Å²) in [6, 6.07) is 22.3. The zero-order chi connectivity index (χ0) is 34.9. The Balaban J connectivity index is 1.49. The number of rotatable bonds is 13. The van der Waals surface area contributed by atoms with Crippen molar-refractivity contribution in [1.82, 2.24) is 10.3 Å². The Bertz CT molecular complexity index is 1720. The number of nitrogens with zero attached hydrogens (tertiary/aromatic N) is 1. The molecule has 0 bridgehead atoms. The molecule has 254 valence electrons. The van der Waals surface area contributed by atoms with Gasteiger partial charge in [-0.05, 0) is 99.7 Å². The van der Waals surface area contributed by atoms with Crippen LogP contribution in [0.4, 0.5) is 13.2 Å². The molecule has 6 nitrogen and oxygen atoms in total. The topological polar surface area (TPSA) is 77.5 Å². The smallest absolute Gasteiger partial charge is 0.416 e. The number of esters is 1. The van der Waals surface area contributed by atoms with Crippen LogP contribution < -0.4 is 10.1 Å². The summed E-state index contributed by atoms with van der Waals surface area (Å²) in [4.78, 5) is 29.7. The number of amides is 1. The standard InChI is InChI=1S/C38H41F3N2O4S/c1-25(2)46-32-13-12-29(19-26-8-6-10-28(18-26)24-48-17-15-35(44)47-37(3,4)5)33(22-32)34-21-30(14-16-42-34)36(45)43-23-27-9-7-11-31(20-27)38(39,40)41/h6-14,16,18,20-22,25H,15,17,19,23-24H2,1-5H3,(H,43,45). The monoisotopic (exact) mass is 678 g/mol. The first kappa shape index (κ1) is 36.5. The van der Waals surface area contributed by atoms with Crippen molar-refractivity contribution in [2.45, 2.75) is 77.6 Å². The highest BCUT2D eigenvalue weighted by Gasteiger charge is 2.30. The van der Waals surface area contributed by atoms with Crippen LogP contribution in [0.5, 0.6) is 5.75 Å². The van der Waals surface area contributed by atoms with Gasteiger partial charge in [-0.3, -0.25) is 14.6 Å². The van der Waals surface area contributed by atoms with Crippen molar-refractivity contribution in [1.29, 1.82) is 0 Å². The van der Waals surface area contributed by atoms with Gasteiger partial charge in [0.25, 0.3) is 5.91 Å². The van der Waals surface area contributed by atoms with Gasteiger partial charge < -0.3 is 14.8 Å². The van der Waals surface area contributed by atoms with E-state index in [1.807, 2.05) is 58.9 Å². The second-order valence-corrected chi connectivity index (χ2v) is 13.8. The van der Waals surface area contributed by atoms with Crippen molar-refractivity contribution < 1.29 is 32.2 Å². The fourth-order valence-corrected chi connectivity index (χ4v) is 5.81. The van der Waals surface area contributed by atoms with Crippen molar-refractivity contribution in [3.63, 3.8) is 0 Å². The maximum absolute atomic E-state index is 13.1. The Morgan fingerprint density at radius 1 is 0.896 bits per heavy atom. The number of ether oxygens (including phenoxy) is 2. The molecule has 0 radical (unpaired) electrons. The van der Waals surface area contributed by atoms with E-state index in [1.165, 1.54) is 12.1 Å². The van der Waals surface area contributed by atoms with Crippen molar-refractivity contribution in [3.05, 3.63) is 118 Å². The highest BCUT2D eigenvalue weighted by atomic mass is 32.2. The lowest BCUT2D eigenvalue weighted by Crippen LogP contribution is -2.24. The summed E-state index contributed by atoms with van der Waals surface area (Å²) in [5.74, 6) is 1.45. The molecule has 0 atom stereocenters. The third kappa shape index (κ3) is 11.4. The van der Waals surface area contributed by atoms with Gasteiger partial charge in [-0.2, -0.15) is 24.9 Å². The van der Waals surface area contributed by atoms with Crippen molar-refractivity contribution in [2.75, 3.05) is 5.75 Å². The summed E-state index contributed by atoms with van der Waals surface area (Å²) in [7, 11) is 0. The number of alkyl halides is 3. The molecule has 0 unspecified atom stereocenters. The molecule has 48 heavy (non-hydrogen) atoms. The predicted molar refractivity (Wildman–Crippen MR) is 184 cm³/mol. The normalized spacial score (nSPS) is 11.8. The number of carbonyl (C=O) groups excluding carboxylic acids is 2. The number of benzene rings is 3. The zero-order valence-electron chi connectivity index (χ0n) is 27.8. The third-order valence-corrected chi connectivity index (χ3v) is 8.01. The molecule has 4 aromatic rings. The highest BCUT2D eigenvalue weighted by molar-refractivity contribution is 7.98. The number of thioether (sulfide) groups is 1. The Kier molecular flexibility index (Phi) is 12.3. The molecule has 0 fully saturated rings. The molecule has 1 N–H and O–H groups in total. The third-order valence-electron chi connectivity index (χ3n) is 6.98. The van der Waals surface area contributed by atoms with E-state index in [9.17, 15) is 22.8 Å². The summed E-state index contributed by atoms with van der Waals surface area (Å²) in [6.07, 6.45) is -2.01. The van der Waals surface area contributed by atoms with E-state index in [2.05, 4.69) is 28.5 Å². The number of hydrogen-bond donors (Lipinski definition) is 1. The molecule has 1 aromatic heterocycles. The summed E-state index contributed by atoms with van der Waals surface area (Å²) in [6.45, 7) is 9.40. The summed E-state index contributed by atoms with van der Waals surface area (Å²) >= 11 is 1.68. The molecular formula is C38H41F3N2O4S. The van der Waals surface area contributed by atoms with Gasteiger partial charge in [0.15, 0.2) is 0 Å². The van der Waals surface area contributed by atoms with E-state index >= 15 is 0 Å². The highest BCUT2D eigenvalue weighted by Crippen LogP contribution is 2.31. The molecule has 0 spiro atoms. The lowest BCUT2D eigenvalue weighted by atomic mass is 9.96. The first-order valence-corrected chi connectivity index (χ1v) is 16.9. The van der Waals surface area contributed by atoms with Crippen LogP contribution in [0, 0.1) is 0 Å². The van der Waals surface area contributed by atoms with Crippen molar-refractivity contribution >= 4 is 23.6 Å². The van der Waals surface area contributed by atoms with Crippen molar-refractivity contribution in [3.8, 4) is 17.0 Å². The summed E-state index contributed by atoms with van der Waals surface area (Å²) in [5, 5.41) is 2.72. The molecule has 0 aliphatic carbocycles. The van der Waals surface area contributed by atoms with Crippen LogP contribution in [0.25, 0.3) is 11.3 Å². The SMILES string of the molecule is CC(C)Oc1ccc(Cc2cccc(CSCCC(=O)OC(C)(C)C)c2)c(-c2cc(C(=O)NCc3cccc(C(F)(F)F)c3)ccn2)c1. The van der Waals surface area contributed by atoms with Crippen LogP contribution in [-0.2, 0) is 34.4 Å². The zero-order valence-corrected chi connectivity index (χ0v) is 28.6. The van der Waals surface area contributed by atoms with Crippen LogP contribution in [0.15, 0.2) is 85.1 Å². The number of aromatic nitrogens is 1. The number of hydrogen-bond acceptors (Lipinski definition) is 6. The number of carbonyl (C=O) groups is 2. The number of nitrogens with one attached hydrogen (secondary N) is 1. The van der Waals surface area contributed by atoms with E-state index in [4.69, 9.17) is 9.47 Å². The predicted octanol–water partition coefficient (Wildman–Crippen LogP) is 9.04. The fraction of sp³-hybridized carbons (Fsp3) is 0.342. The van der Waals surface area contributed by atoms with Gasteiger partial charge in [-0.1, -0.05) is 42.5 Å². The van der Waals surface area contributed by atoms with E-state index in [0.29, 0.717) is 41.2 Å². The first-order chi connectivity index (χ1) is 22.7. The van der Waals surface area contributed by atoms with E-state index in [-0.39, 0.29) is 18.6 Å². The first-order valence-electron chi connectivity index (χ1n) is 15.7. The van der Waals surface area contributed by atoms with Gasteiger partial charge >= 0.3 is 12.1 Å². The fourth-order valence-electron chi connectivity index (χ4n) is 4.94. The molecule has 3 aromatic carbocycles. The van der Waals surface area contributed by atoms with Gasteiger partial charge in [0.05, 0.1) is 23.8 Å². The molecule has 10 heteroatoms. The number of halogens is 3. The second-order valence-electron chi connectivity index (χ2n) is 12.7. The quantitative estimate of drug-likeness (QED) is 0.112. The lowest BCUT2D eigenvalue weighted by molar-refractivity contribution is -0.154. The molecule has 0 saturated carbocycles. The van der Waals surface area contributed by atoms with E-state index in [1.54, 1.807) is 30.1 Å². The molecular weight excluding hydrogens is 637 g/mol. The molecule has 0 aliphatic heterocycles. The second kappa shape index (κ2) is 16.2. The van der Waals surface area contributed by atoms with Gasteiger partial charge in [0, 0.05) is 35.4 Å². The van der Waals surface area contributed by atoms with Gasteiger partial charge in [0.2, 0.25) is 0 Å². The number of pyridine rings is 1. The molecule has 4 rings (SSSR count). The van der Waals surface area contributed by atoms with E-state index < -0.39 is 23.2 Å². The van der Waals surface area contributed by atoms with Crippen LogP contribution in [0.1, 0.15) is 79.2 Å². The van der Waals surface area contributed by atoms with Crippen LogP contribution in [0.3, 0.4) is 0 Å². The average Bonchev–Trinajstić information content (AvgIpc) is 3.01. The maximum atomic E-state index is 13.1. The Labute approximate surface area is 284 Å². The minimum atomic E-state index is -4.46. The Morgan fingerprint density at radius 3 is 2.35 bits per heavy atom. The molecule has 1 heterocycles. The maximum Gasteiger partial charge on any atom is 0.416 e. The summed E-state index contributed by atoms with van der Waals surface area (Å²) < 4.78 is 50.8. The average molecular weight is 679 g/mol. The summed E-state index contributed by atoms with van der Waals surface area (Å²) in [5.41, 5.74) is 4.00. The van der Waals surface area contributed by atoms with Crippen LogP contribution >= 0.6 is 11.8 Å². The van der Waals surface area contributed by atoms with Crippen LogP contribution in [0.2, 0.25) is 0 Å².